The van der Waals surface area contributed by atoms with Crippen molar-refractivity contribution >= 4 is 33.2 Å². The third kappa shape index (κ3) is 5.60. The van der Waals surface area contributed by atoms with Crippen LogP contribution in [0.25, 0.3) is 16.2 Å². The number of carbonyl (C=O) groups excluding carboxylic acids is 1. The van der Waals surface area contributed by atoms with Crippen LogP contribution in [0, 0.1) is 6.92 Å². The lowest BCUT2D eigenvalue weighted by Crippen LogP contribution is -2.49. The Labute approximate surface area is 210 Å². The fourth-order valence-electron chi connectivity index (χ4n) is 4.82. The van der Waals surface area contributed by atoms with E-state index < -0.39 is 0 Å². The first-order chi connectivity index (χ1) is 17.1. The van der Waals surface area contributed by atoms with Crippen molar-refractivity contribution in [1.82, 2.24) is 24.8 Å². The SMILES string of the molecule is COCCNC(=O)CN1CCN(c2nn3c(NC4CCCC4)c(-c4ccc(C)cc4)nc3s2)CC1. The molecule has 2 aromatic heterocycles. The summed E-state index contributed by atoms with van der Waals surface area (Å²) < 4.78 is 7.00. The minimum atomic E-state index is 0.0504. The number of piperazine rings is 1. The molecule has 3 heterocycles. The van der Waals surface area contributed by atoms with E-state index in [1.807, 2.05) is 4.52 Å². The average Bonchev–Trinajstić information content (AvgIpc) is 3.59. The predicted octanol–water partition coefficient (Wildman–Crippen LogP) is 3.01. The van der Waals surface area contributed by atoms with E-state index in [-0.39, 0.29) is 5.91 Å². The zero-order valence-corrected chi connectivity index (χ0v) is 21.4. The summed E-state index contributed by atoms with van der Waals surface area (Å²) in [7, 11) is 1.64. The number of nitrogens with one attached hydrogen (secondary N) is 2. The van der Waals surface area contributed by atoms with Crippen molar-refractivity contribution in [3.05, 3.63) is 29.8 Å². The maximum Gasteiger partial charge on any atom is 0.234 e. The summed E-state index contributed by atoms with van der Waals surface area (Å²) in [5.41, 5.74) is 3.34. The number of aromatic nitrogens is 3. The van der Waals surface area contributed by atoms with Crippen molar-refractivity contribution < 1.29 is 9.53 Å². The van der Waals surface area contributed by atoms with Gasteiger partial charge in [-0.2, -0.15) is 4.52 Å². The molecule has 2 N–H and O–H groups in total. The molecule has 1 aromatic carbocycles. The fourth-order valence-corrected chi connectivity index (χ4v) is 5.77. The van der Waals surface area contributed by atoms with Gasteiger partial charge in [0.05, 0.1) is 13.2 Å². The quantitative estimate of drug-likeness (QED) is 0.440. The number of amides is 1. The van der Waals surface area contributed by atoms with E-state index in [0.29, 0.717) is 25.7 Å². The minimum absolute atomic E-state index is 0.0504. The summed E-state index contributed by atoms with van der Waals surface area (Å²) in [6.07, 6.45) is 4.93. The van der Waals surface area contributed by atoms with Crippen molar-refractivity contribution in [3.8, 4) is 11.3 Å². The number of imidazole rings is 1. The molecule has 188 valence electrons. The van der Waals surface area contributed by atoms with Crippen LogP contribution in [-0.4, -0.2) is 84.4 Å². The Kier molecular flexibility index (Phi) is 7.50. The Bertz CT molecular complexity index is 1130. The Hall–Kier alpha value is -2.69. The number of aryl methyl sites for hydroxylation is 1. The van der Waals surface area contributed by atoms with Crippen LogP contribution in [0.4, 0.5) is 10.9 Å². The first-order valence-electron chi connectivity index (χ1n) is 12.6. The number of methoxy groups -OCH3 is 1. The zero-order chi connectivity index (χ0) is 24.2. The molecule has 0 atom stereocenters. The van der Waals surface area contributed by atoms with Gasteiger partial charge in [0.15, 0.2) is 5.82 Å². The molecular weight excluding hydrogens is 462 g/mol. The van der Waals surface area contributed by atoms with Gasteiger partial charge in [-0.15, -0.1) is 5.10 Å². The number of nitrogens with zero attached hydrogens (tertiary/aromatic N) is 5. The molecule has 9 nitrogen and oxygen atoms in total. The van der Waals surface area contributed by atoms with Gasteiger partial charge in [0.1, 0.15) is 5.69 Å². The maximum atomic E-state index is 12.1. The molecule has 10 heteroatoms. The number of hydrogen-bond donors (Lipinski definition) is 2. The van der Waals surface area contributed by atoms with Gasteiger partial charge < -0.3 is 20.3 Å². The van der Waals surface area contributed by atoms with Gasteiger partial charge in [0, 0.05) is 51.4 Å². The molecule has 1 saturated carbocycles. The van der Waals surface area contributed by atoms with Crippen molar-refractivity contribution in [2.75, 3.05) is 63.2 Å². The van der Waals surface area contributed by atoms with E-state index in [2.05, 4.69) is 51.6 Å². The highest BCUT2D eigenvalue weighted by atomic mass is 32.1. The van der Waals surface area contributed by atoms with E-state index >= 15 is 0 Å². The highest BCUT2D eigenvalue weighted by Gasteiger charge is 2.26. The molecular formula is C25H35N7O2S. The number of ether oxygens (including phenoxy) is 1. The van der Waals surface area contributed by atoms with Crippen LogP contribution in [0.1, 0.15) is 31.2 Å². The van der Waals surface area contributed by atoms with Crippen molar-refractivity contribution in [2.24, 2.45) is 0 Å². The molecule has 0 spiro atoms. The van der Waals surface area contributed by atoms with E-state index in [9.17, 15) is 4.79 Å². The van der Waals surface area contributed by atoms with Crippen LogP contribution in [0.2, 0.25) is 0 Å². The Morgan fingerprint density at radius 2 is 1.89 bits per heavy atom. The summed E-state index contributed by atoms with van der Waals surface area (Å²) in [6, 6.07) is 9.04. The molecule has 0 unspecified atom stereocenters. The average molecular weight is 498 g/mol. The first-order valence-corrected chi connectivity index (χ1v) is 13.4. The summed E-state index contributed by atoms with van der Waals surface area (Å²) in [4.78, 5) is 22.5. The Balaban J connectivity index is 1.30. The molecule has 5 rings (SSSR count). The highest BCUT2D eigenvalue weighted by Crippen LogP contribution is 2.35. The number of benzene rings is 1. The van der Waals surface area contributed by atoms with Gasteiger partial charge >= 0.3 is 0 Å². The van der Waals surface area contributed by atoms with E-state index in [1.54, 1.807) is 18.4 Å². The molecule has 0 radical (unpaired) electrons. The van der Waals surface area contributed by atoms with E-state index in [1.165, 1.54) is 31.2 Å². The maximum absolute atomic E-state index is 12.1. The number of anilines is 2. The molecule has 2 fully saturated rings. The molecule has 35 heavy (non-hydrogen) atoms. The number of carbonyl (C=O) groups is 1. The van der Waals surface area contributed by atoms with Gasteiger partial charge in [-0.25, -0.2) is 4.98 Å². The topological polar surface area (TPSA) is 87.0 Å². The van der Waals surface area contributed by atoms with Crippen LogP contribution < -0.4 is 15.5 Å². The van der Waals surface area contributed by atoms with Gasteiger partial charge in [-0.05, 0) is 19.8 Å². The standard InChI is InChI=1S/C25H35N7O2S/c1-18-7-9-19(10-8-18)22-23(27-20-5-3-4-6-20)32-24(28-22)35-25(29-32)31-14-12-30(13-15-31)17-21(33)26-11-16-34-2/h7-10,20,27H,3-6,11-17H2,1-2H3,(H,26,33). The zero-order valence-electron chi connectivity index (χ0n) is 20.6. The second kappa shape index (κ2) is 10.9. The van der Waals surface area contributed by atoms with Crippen LogP contribution in [0.15, 0.2) is 24.3 Å². The van der Waals surface area contributed by atoms with E-state index in [0.717, 1.165) is 53.3 Å². The largest absolute Gasteiger partial charge is 0.383 e. The lowest BCUT2D eigenvalue weighted by Gasteiger charge is -2.33. The van der Waals surface area contributed by atoms with Crippen LogP contribution >= 0.6 is 11.3 Å². The minimum Gasteiger partial charge on any atom is -0.383 e. The Morgan fingerprint density at radius 3 is 2.60 bits per heavy atom. The summed E-state index contributed by atoms with van der Waals surface area (Å²) in [5, 5.41) is 12.7. The van der Waals surface area contributed by atoms with E-state index in [4.69, 9.17) is 14.8 Å². The van der Waals surface area contributed by atoms with Crippen LogP contribution in [0.3, 0.4) is 0 Å². The second-order valence-corrected chi connectivity index (χ2v) is 10.4. The highest BCUT2D eigenvalue weighted by molar-refractivity contribution is 7.20. The van der Waals surface area contributed by atoms with Crippen LogP contribution in [0.5, 0.6) is 0 Å². The van der Waals surface area contributed by atoms with Crippen LogP contribution in [-0.2, 0) is 9.53 Å². The smallest absolute Gasteiger partial charge is 0.234 e. The predicted molar refractivity (Wildman–Crippen MR) is 140 cm³/mol. The third-order valence-corrected chi connectivity index (χ3v) is 7.82. The molecule has 3 aromatic rings. The molecule has 1 aliphatic carbocycles. The summed E-state index contributed by atoms with van der Waals surface area (Å²) in [5.74, 6) is 1.05. The second-order valence-electron chi connectivity index (χ2n) is 9.49. The summed E-state index contributed by atoms with van der Waals surface area (Å²) >= 11 is 1.64. The molecule has 2 aliphatic rings. The summed E-state index contributed by atoms with van der Waals surface area (Å²) in [6.45, 7) is 6.98. The van der Waals surface area contributed by atoms with Gasteiger partial charge in [0.2, 0.25) is 16.0 Å². The molecule has 0 bridgehead atoms. The molecule has 1 amide bonds. The van der Waals surface area contributed by atoms with Gasteiger partial charge in [-0.1, -0.05) is 54.0 Å². The third-order valence-electron chi connectivity index (χ3n) is 6.85. The normalized spacial score (nSPS) is 17.4. The van der Waals surface area contributed by atoms with Crippen molar-refractivity contribution in [3.63, 3.8) is 0 Å². The monoisotopic (exact) mass is 497 g/mol. The van der Waals surface area contributed by atoms with Gasteiger partial charge in [-0.3, -0.25) is 9.69 Å². The lowest BCUT2D eigenvalue weighted by molar-refractivity contribution is -0.122. The van der Waals surface area contributed by atoms with Crippen molar-refractivity contribution in [2.45, 2.75) is 38.6 Å². The number of hydrogen-bond acceptors (Lipinski definition) is 8. The lowest BCUT2D eigenvalue weighted by atomic mass is 10.1. The van der Waals surface area contributed by atoms with Crippen molar-refractivity contribution in [1.29, 1.82) is 0 Å². The first kappa shape index (κ1) is 24.0. The fraction of sp³-hybridized carbons (Fsp3) is 0.560. The number of rotatable bonds is 9. The molecule has 1 aliphatic heterocycles. The number of fused-ring (bicyclic) bond motifs is 1. The molecule has 1 saturated heterocycles. The Morgan fingerprint density at radius 1 is 1.14 bits per heavy atom. The van der Waals surface area contributed by atoms with Gasteiger partial charge in [0.25, 0.3) is 0 Å².